The summed E-state index contributed by atoms with van der Waals surface area (Å²) in [4.78, 5) is 12.0. The molecule has 43 heavy (non-hydrogen) atoms. The Morgan fingerprint density at radius 3 is 1.33 bits per heavy atom. The van der Waals surface area contributed by atoms with Crippen LogP contribution in [0.25, 0.3) is 0 Å². The molecule has 5 rings (SSSR count). The normalized spacial score (nSPS) is 21.8. The fourth-order valence-corrected chi connectivity index (χ4v) is 5.22. The van der Waals surface area contributed by atoms with Crippen LogP contribution in [-0.4, -0.2) is 48.2 Å². The van der Waals surface area contributed by atoms with Crippen molar-refractivity contribution in [3.8, 4) is 0 Å². The van der Waals surface area contributed by atoms with Gasteiger partial charge in [-0.05, 0) is 22.3 Å². The molecule has 1 fully saturated rings. The van der Waals surface area contributed by atoms with E-state index < -0.39 is 36.5 Å². The number of ether oxygens (including phenoxy) is 5. The van der Waals surface area contributed by atoms with Crippen molar-refractivity contribution in [2.24, 2.45) is 0 Å². The van der Waals surface area contributed by atoms with E-state index in [4.69, 9.17) is 23.7 Å². The summed E-state index contributed by atoms with van der Waals surface area (Å²) in [6.07, 6.45) is -3.53. The average Bonchev–Trinajstić information content (AvgIpc) is 3.04. The highest BCUT2D eigenvalue weighted by atomic mass is 16.6. The van der Waals surface area contributed by atoms with Gasteiger partial charge in [0.1, 0.15) is 24.4 Å². The molecule has 0 bridgehead atoms. The van der Waals surface area contributed by atoms with Gasteiger partial charge in [-0.1, -0.05) is 121 Å². The lowest BCUT2D eigenvalue weighted by Crippen LogP contribution is -2.61. The van der Waals surface area contributed by atoms with Gasteiger partial charge in [-0.2, -0.15) is 0 Å². The number of carboxylic acid groups (broad SMARTS) is 1. The molecule has 0 radical (unpaired) electrons. The molecule has 1 N–H and O–H groups in total. The van der Waals surface area contributed by atoms with Crippen LogP contribution in [0.4, 0.5) is 0 Å². The van der Waals surface area contributed by atoms with Crippen molar-refractivity contribution < 1.29 is 33.6 Å². The van der Waals surface area contributed by atoms with E-state index in [1.807, 2.05) is 121 Å². The van der Waals surface area contributed by atoms with Crippen LogP contribution < -0.4 is 0 Å². The maximum Gasteiger partial charge on any atom is 0.306 e. The van der Waals surface area contributed by atoms with Gasteiger partial charge in [0.25, 0.3) is 0 Å². The molecule has 1 saturated heterocycles. The number of carboxylic acids is 1. The predicted molar refractivity (Wildman–Crippen MR) is 162 cm³/mol. The number of carbonyl (C=O) groups is 1. The smallest absolute Gasteiger partial charge is 0.306 e. The number of rotatable bonds is 15. The van der Waals surface area contributed by atoms with Gasteiger partial charge in [-0.3, -0.25) is 4.79 Å². The number of benzene rings is 4. The van der Waals surface area contributed by atoms with E-state index in [2.05, 4.69) is 0 Å². The van der Waals surface area contributed by atoms with Crippen LogP contribution in [0.15, 0.2) is 121 Å². The highest BCUT2D eigenvalue weighted by Gasteiger charge is 2.49. The van der Waals surface area contributed by atoms with Crippen molar-refractivity contribution in [3.05, 3.63) is 144 Å². The first-order chi connectivity index (χ1) is 21.2. The summed E-state index contributed by atoms with van der Waals surface area (Å²) in [6, 6.07) is 39.4. The second-order valence-electron chi connectivity index (χ2n) is 10.6. The molecule has 5 atom stereocenters. The van der Waals surface area contributed by atoms with Crippen LogP contribution in [0, 0.1) is 0 Å². The fraction of sp³-hybridized carbons (Fsp3) is 0.306. The van der Waals surface area contributed by atoms with Crippen LogP contribution >= 0.6 is 0 Å². The molecule has 224 valence electrons. The van der Waals surface area contributed by atoms with Crippen LogP contribution in [0.2, 0.25) is 0 Å². The third-order valence-electron chi connectivity index (χ3n) is 7.36. The van der Waals surface area contributed by atoms with E-state index in [0.717, 1.165) is 22.3 Å². The van der Waals surface area contributed by atoms with Gasteiger partial charge in [-0.15, -0.1) is 0 Å². The molecule has 0 unspecified atom stereocenters. The van der Waals surface area contributed by atoms with Crippen molar-refractivity contribution in [2.45, 2.75) is 63.4 Å². The molecule has 0 aliphatic carbocycles. The van der Waals surface area contributed by atoms with Crippen molar-refractivity contribution in [2.75, 3.05) is 6.61 Å². The van der Waals surface area contributed by atoms with E-state index in [1.165, 1.54) is 0 Å². The first-order valence-electron chi connectivity index (χ1n) is 14.6. The van der Waals surface area contributed by atoms with Crippen LogP contribution in [0.3, 0.4) is 0 Å². The highest BCUT2D eigenvalue weighted by molar-refractivity contribution is 5.67. The quantitative estimate of drug-likeness (QED) is 0.179. The first kappa shape index (κ1) is 30.6. The van der Waals surface area contributed by atoms with Crippen molar-refractivity contribution in [1.29, 1.82) is 0 Å². The molecule has 7 nitrogen and oxygen atoms in total. The largest absolute Gasteiger partial charge is 0.481 e. The standard InChI is InChI=1S/C36H38O7/c37-33(38)21-31-34(40-23-28-15-7-2-8-16-28)36(42-25-30-19-11-4-12-20-30)35(41-24-29-17-9-3-10-18-29)32(43-31)26-39-22-27-13-5-1-6-14-27/h1-20,31-32,34-36H,21-26H2,(H,37,38)/t31-,32-,34-,35-,36-/m1/s1. The van der Waals surface area contributed by atoms with E-state index in [0.29, 0.717) is 19.8 Å². The van der Waals surface area contributed by atoms with Crippen molar-refractivity contribution in [3.63, 3.8) is 0 Å². The second-order valence-corrected chi connectivity index (χ2v) is 10.6. The molecule has 0 spiro atoms. The maximum absolute atomic E-state index is 12.0. The van der Waals surface area contributed by atoms with Gasteiger partial charge in [0.2, 0.25) is 0 Å². The molecule has 4 aromatic carbocycles. The third-order valence-corrected chi connectivity index (χ3v) is 7.36. The summed E-state index contributed by atoms with van der Waals surface area (Å²) >= 11 is 0. The molecular weight excluding hydrogens is 544 g/mol. The highest BCUT2D eigenvalue weighted by Crippen LogP contribution is 2.32. The minimum absolute atomic E-state index is 0.196. The summed E-state index contributed by atoms with van der Waals surface area (Å²) < 4.78 is 32.2. The Balaban J connectivity index is 1.42. The summed E-state index contributed by atoms with van der Waals surface area (Å²) in [5, 5.41) is 9.85. The number of hydrogen-bond acceptors (Lipinski definition) is 6. The van der Waals surface area contributed by atoms with Gasteiger partial charge in [0.05, 0.1) is 45.6 Å². The Morgan fingerprint density at radius 1 is 0.535 bits per heavy atom. The van der Waals surface area contributed by atoms with Crippen molar-refractivity contribution in [1.82, 2.24) is 0 Å². The molecule has 1 heterocycles. The van der Waals surface area contributed by atoms with E-state index in [9.17, 15) is 9.90 Å². The SMILES string of the molecule is O=C(O)C[C@H]1O[C@H](COCc2ccccc2)[C@@H](OCc2ccccc2)[C@H](OCc2ccccc2)[C@@H]1OCc1ccccc1. The minimum atomic E-state index is -0.979. The van der Waals surface area contributed by atoms with Gasteiger partial charge < -0.3 is 28.8 Å². The fourth-order valence-electron chi connectivity index (χ4n) is 5.22. The van der Waals surface area contributed by atoms with Gasteiger partial charge in [0.15, 0.2) is 0 Å². The minimum Gasteiger partial charge on any atom is -0.481 e. The number of aliphatic carboxylic acids is 1. The van der Waals surface area contributed by atoms with Gasteiger partial charge >= 0.3 is 5.97 Å². The Labute approximate surface area is 252 Å². The monoisotopic (exact) mass is 582 g/mol. The van der Waals surface area contributed by atoms with E-state index in [-0.39, 0.29) is 19.6 Å². The molecule has 1 aliphatic rings. The third kappa shape index (κ3) is 9.32. The lowest BCUT2D eigenvalue weighted by molar-refractivity contribution is -0.273. The summed E-state index contributed by atoms with van der Waals surface area (Å²) in [5.74, 6) is -0.979. The number of hydrogen-bond donors (Lipinski definition) is 1. The molecular formula is C36H38O7. The van der Waals surface area contributed by atoms with Gasteiger partial charge in [0, 0.05) is 0 Å². The average molecular weight is 583 g/mol. The summed E-state index contributed by atoms with van der Waals surface area (Å²) in [6.45, 7) is 1.49. The molecule has 0 amide bonds. The predicted octanol–water partition coefficient (Wildman–Crippen LogP) is 6.20. The molecule has 7 heteroatoms. The topological polar surface area (TPSA) is 83.5 Å². The zero-order valence-corrected chi connectivity index (χ0v) is 24.1. The summed E-state index contributed by atoms with van der Waals surface area (Å²) in [5.41, 5.74) is 3.99. The van der Waals surface area contributed by atoms with Gasteiger partial charge in [-0.25, -0.2) is 0 Å². The molecule has 0 aromatic heterocycles. The lowest BCUT2D eigenvalue weighted by atomic mass is 9.92. The Morgan fingerprint density at radius 2 is 0.907 bits per heavy atom. The molecule has 0 saturated carbocycles. The van der Waals surface area contributed by atoms with Crippen LogP contribution in [-0.2, 0) is 54.9 Å². The zero-order valence-electron chi connectivity index (χ0n) is 24.1. The van der Waals surface area contributed by atoms with E-state index >= 15 is 0 Å². The summed E-state index contributed by atoms with van der Waals surface area (Å²) in [7, 11) is 0. The maximum atomic E-state index is 12.0. The Bertz CT molecular complexity index is 1350. The lowest BCUT2D eigenvalue weighted by Gasteiger charge is -2.46. The van der Waals surface area contributed by atoms with Crippen LogP contribution in [0.1, 0.15) is 28.7 Å². The first-order valence-corrected chi connectivity index (χ1v) is 14.6. The second kappa shape index (κ2) is 16.1. The van der Waals surface area contributed by atoms with E-state index in [1.54, 1.807) is 0 Å². The Hall–Kier alpha value is -3.85. The zero-order chi connectivity index (χ0) is 29.7. The van der Waals surface area contributed by atoms with Crippen molar-refractivity contribution >= 4 is 5.97 Å². The van der Waals surface area contributed by atoms with Crippen LogP contribution in [0.5, 0.6) is 0 Å². The molecule has 4 aromatic rings. The Kier molecular flexibility index (Phi) is 11.5. The molecule has 1 aliphatic heterocycles.